The van der Waals surface area contributed by atoms with Gasteiger partial charge in [-0.05, 0) is 18.8 Å². The molecular formula is C13H19N5O3. The molecule has 1 saturated heterocycles. The molecule has 8 nitrogen and oxygen atoms in total. The monoisotopic (exact) mass is 293 g/mol. The van der Waals surface area contributed by atoms with Crippen LogP contribution in [-0.4, -0.2) is 53.1 Å². The van der Waals surface area contributed by atoms with Crippen molar-refractivity contribution < 1.29 is 14.7 Å². The second kappa shape index (κ2) is 6.98. The van der Waals surface area contributed by atoms with Gasteiger partial charge in [-0.25, -0.2) is 9.97 Å². The quantitative estimate of drug-likeness (QED) is 0.644. The number of primary amides is 1. The van der Waals surface area contributed by atoms with Gasteiger partial charge in [-0.3, -0.25) is 9.59 Å². The van der Waals surface area contributed by atoms with Crippen molar-refractivity contribution in [1.82, 2.24) is 15.3 Å². The zero-order valence-electron chi connectivity index (χ0n) is 11.7. The van der Waals surface area contributed by atoms with Crippen molar-refractivity contribution in [2.45, 2.75) is 12.8 Å². The third-order valence-corrected chi connectivity index (χ3v) is 3.44. The molecule has 0 bridgehead atoms. The Kier molecular flexibility index (Phi) is 5.04. The largest absolute Gasteiger partial charge is 0.480 e. The summed E-state index contributed by atoms with van der Waals surface area (Å²) in [7, 11) is 0. The first kappa shape index (κ1) is 15.2. The van der Waals surface area contributed by atoms with Crippen LogP contribution in [0.1, 0.15) is 23.3 Å². The third kappa shape index (κ3) is 4.12. The van der Waals surface area contributed by atoms with Crippen molar-refractivity contribution in [3.63, 3.8) is 0 Å². The van der Waals surface area contributed by atoms with Gasteiger partial charge >= 0.3 is 5.97 Å². The minimum Gasteiger partial charge on any atom is -0.480 e. The molecule has 1 fully saturated rings. The van der Waals surface area contributed by atoms with E-state index in [4.69, 9.17) is 10.8 Å². The number of hydrogen-bond acceptors (Lipinski definition) is 6. The summed E-state index contributed by atoms with van der Waals surface area (Å²) in [5.41, 5.74) is 5.50. The minimum absolute atomic E-state index is 0.0474. The van der Waals surface area contributed by atoms with Crippen LogP contribution in [0, 0.1) is 5.92 Å². The van der Waals surface area contributed by atoms with E-state index >= 15 is 0 Å². The molecular weight excluding hydrogens is 274 g/mol. The van der Waals surface area contributed by atoms with Crippen molar-refractivity contribution in [2.75, 3.05) is 31.1 Å². The molecule has 0 saturated carbocycles. The van der Waals surface area contributed by atoms with Crippen molar-refractivity contribution in [1.29, 1.82) is 0 Å². The Morgan fingerprint density at radius 3 is 2.90 bits per heavy atom. The Hall–Kier alpha value is -2.22. The molecule has 1 unspecified atom stereocenters. The second-order valence-electron chi connectivity index (χ2n) is 5.07. The number of aromatic nitrogens is 2. The number of rotatable bonds is 6. The number of nitrogens with two attached hydrogens (primary N) is 1. The maximum atomic E-state index is 11.4. The fraction of sp³-hybridized carbons (Fsp3) is 0.538. The molecule has 0 radical (unpaired) electrons. The number of amides is 1. The minimum atomic E-state index is -0.868. The van der Waals surface area contributed by atoms with Crippen LogP contribution < -0.4 is 16.0 Å². The van der Waals surface area contributed by atoms with E-state index in [1.54, 1.807) is 0 Å². The lowest BCUT2D eigenvalue weighted by atomic mass is 9.98. The Labute approximate surface area is 122 Å². The van der Waals surface area contributed by atoms with Crippen LogP contribution in [0.15, 0.2) is 12.4 Å². The number of carbonyl (C=O) groups is 2. The molecule has 2 heterocycles. The van der Waals surface area contributed by atoms with E-state index in [0.717, 1.165) is 19.4 Å². The number of carbonyl (C=O) groups excluding carboxylic acids is 1. The summed E-state index contributed by atoms with van der Waals surface area (Å²) in [6, 6.07) is 0. The first-order chi connectivity index (χ1) is 10.1. The number of carboxylic acid groups (broad SMARTS) is 1. The van der Waals surface area contributed by atoms with Crippen LogP contribution >= 0.6 is 0 Å². The van der Waals surface area contributed by atoms with Gasteiger partial charge < -0.3 is 21.1 Å². The summed E-state index contributed by atoms with van der Waals surface area (Å²) in [4.78, 5) is 32.1. The normalized spacial score (nSPS) is 18.5. The molecule has 1 aliphatic rings. The van der Waals surface area contributed by atoms with Gasteiger partial charge in [0.05, 0.1) is 6.54 Å². The Morgan fingerprint density at radius 1 is 1.43 bits per heavy atom. The number of nitrogens with one attached hydrogen (secondary N) is 1. The van der Waals surface area contributed by atoms with Gasteiger partial charge in [-0.15, -0.1) is 0 Å². The molecule has 1 aliphatic heterocycles. The molecule has 4 N–H and O–H groups in total. The lowest BCUT2D eigenvalue weighted by molar-refractivity contribution is -0.136. The highest BCUT2D eigenvalue weighted by atomic mass is 16.4. The van der Waals surface area contributed by atoms with Crippen LogP contribution in [0.25, 0.3) is 0 Å². The highest BCUT2D eigenvalue weighted by Crippen LogP contribution is 2.22. The third-order valence-electron chi connectivity index (χ3n) is 3.44. The number of nitrogens with zero attached hydrogens (tertiary/aromatic N) is 3. The molecule has 1 atom stereocenters. The smallest absolute Gasteiger partial charge is 0.317 e. The van der Waals surface area contributed by atoms with E-state index in [2.05, 4.69) is 15.3 Å². The Bertz CT molecular complexity index is 522. The van der Waals surface area contributed by atoms with Gasteiger partial charge in [0, 0.05) is 32.0 Å². The molecule has 0 aliphatic carbocycles. The van der Waals surface area contributed by atoms with Crippen molar-refractivity contribution in [3.05, 3.63) is 18.1 Å². The summed E-state index contributed by atoms with van der Waals surface area (Å²) in [6.45, 7) is 2.06. The average molecular weight is 293 g/mol. The molecule has 114 valence electrons. The molecule has 1 aromatic rings. The zero-order chi connectivity index (χ0) is 15.2. The highest BCUT2D eigenvalue weighted by Gasteiger charge is 2.24. The van der Waals surface area contributed by atoms with E-state index < -0.39 is 11.9 Å². The van der Waals surface area contributed by atoms with E-state index in [-0.39, 0.29) is 12.2 Å². The standard InChI is InChI=1S/C13H19N5O3/c14-12(21)11-13(17-4-3-16-11)18-5-1-2-9(8-18)6-15-7-10(19)20/h3-4,9,15H,1-2,5-8H2,(H2,14,21)(H,19,20). The summed E-state index contributed by atoms with van der Waals surface area (Å²) in [6.07, 6.45) is 4.94. The maximum absolute atomic E-state index is 11.4. The Morgan fingerprint density at radius 2 is 2.19 bits per heavy atom. The summed E-state index contributed by atoms with van der Waals surface area (Å²) < 4.78 is 0. The van der Waals surface area contributed by atoms with Crippen LogP contribution in [0.2, 0.25) is 0 Å². The maximum Gasteiger partial charge on any atom is 0.317 e. The second-order valence-corrected chi connectivity index (χ2v) is 5.07. The molecule has 0 aromatic carbocycles. The van der Waals surface area contributed by atoms with Gasteiger partial charge in [0.1, 0.15) is 0 Å². The van der Waals surface area contributed by atoms with Crippen LogP contribution in [0.5, 0.6) is 0 Å². The van der Waals surface area contributed by atoms with Gasteiger partial charge in [-0.1, -0.05) is 0 Å². The summed E-state index contributed by atoms with van der Waals surface area (Å²) >= 11 is 0. The van der Waals surface area contributed by atoms with Gasteiger partial charge in [0.25, 0.3) is 5.91 Å². The number of piperidine rings is 1. The predicted octanol–water partition coefficient (Wildman–Crippen LogP) is -0.534. The molecule has 21 heavy (non-hydrogen) atoms. The van der Waals surface area contributed by atoms with E-state index in [1.165, 1.54) is 12.4 Å². The fourth-order valence-electron chi connectivity index (χ4n) is 2.54. The van der Waals surface area contributed by atoms with Crippen LogP contribution in [0.4, 0.5) is 5.82 Å². The van der Waals surface area contributed by atoms with E-state index in [0.29, 0.717) is 24.8 Å². The van der Waals surface area contributed by atoms with Crippen molar-refractivity contribution in [2.24, 2.45) is 11.7 Å². The van der Waals surface area contributed by atoms with E-state index in [1.807, 2.05) is 4.90 Å². The number of carboxylic acids is 1. The SMILES string of the molecule is NC(=O)c1nccnc1N1CCCC(CNCC(=O)O)C1. The zero-order valence-corrected chi connectivity index (χ0v) is 11.7. The average Bonchev–Trinajstić information content (AvgIpc) is 2.47. The number of aliphatic carboxylic acids is 1. The molecule has 0 spiro atoms. The summed E-state index contributed by atoms with van der Waals surface area (Å²) in [5, 5.41) is 11.5. The van der Waals surface area contributed by atoms with Crippen LogP contribution in [-0.2, 0) is 4.79 Å². The topological polar surface area (TPSA) is 121 Å². The van der Waals surface area contributed by atoms with E-state index in [9.17, 15) is 9.59 Å². The lowest BCUT2D eigenvalue weighted by Gasteiger charge is -2.34. The van der Waals surface area contributed by atoms with Crippen molar-refractivity contribution >= 4 is 17.7 Å². The van der Waals surface area contributed by atoms with Gasteiger partial charge in [0.15, 0.2) is 11.5 Å². The first-order valence-electron chi connectivity index (χ1n) is 6.86. The highest BCUT2D eigenvalue weighted by molar-refractivity contribution is 5.95. The van der Waals surface area contributed by atoms with Crippen molar-refractivity contribution in [3.8, 4) is 0 Å². The number of anilines is 1. The van der Waals surface area contributed by atoms with Gasteiger partial charge in [0.2, 0.25) is 0 Å². The van der Waals surface area contributed by atoms with Crippen LogP contribution in [0.3, 0.4) is 0 Å². The molecule has 1 amide bonds. The molecule has 2 rings (SSSR count). The lowest BCUT2D eigenvalue weighted by Crippen LogP contribution is -2.41. The fourth-order valence-corrected chi connectivity index (χ4v) is 2.54. The first-order valence-corrected chi connectivity index (χ1v) is 6.86. The summed E-state index contributed by atoms with van der Waals surface area (Å²) in [5.74, 6) is -0.648. The number of hydrogen-bond donors (Lipinski definition) is 3. The molecule has 8 heteroatoms. The van der Waals surface area contributed by atoms with Gasteiger partial charge in [-0.2, -0.15) is 0 Å². The Balaban J connectivity index is 2.01. The molecule has 1 aromatic heterocycles. The predicted molar refractivity (Wildman–Crippen MR) is 76.0 cm³/mol.